The Labute approximate surface area is 306 Å². The van der Waals surface area contributed by atoms with Gasteiger partial charge in [0.25, 0.3) is 0 Å². The molecule has 2 saturated heterocycles. The Morgan fingerprint density at radius 3 is 2.46 bits per heavy atom. The van der Waals surface area contributed by atoms with Crippen molar-refractivity contribution in [1.82, 2.24) is 9.78 Å². The molecule has 4 aliphatic rings. The Balaban J connectivity index is 1.16. The second-order valence-corrected chi connectivity index (χ2v) is 15.9. The predicted molar refractivity (Wildman–Crippen MR) is 195 cm³/mol. The van der Waals surface area contributed by atoms with Crippen molar-refractivity contribution in [3.8, 4) is 16.3 Å². The maximum absolute atomic E-state index is 15.1. The largest absolute Gasteiger partial charge is 0.505 e. The Hall–Kier alpha value is -5.13. The fourth-order valence-corrected chi connectivity index (χ4v) is 10.7. The summed E-state index contributed by atoms with van der Waals surface area (Å²) < 4.78 is 17.7. The first-order valence-electron chi connectivity index (χ1n) is 17.1. The Morgan fingerprint density at radius 1 is 0.942 bits per heavy atom. The zero-order chi connectivity index (χ0) is 36.4. The number of thiophene rings is 1. The standard InChI is InChI=1S/C40H32ClFN4O5S/c1-19-25-16-21(41)10-14-31(25)52-35(19)29-18-32(44(3)43-29)46-37(49)27-17-26-23(34(40(27,2)39(46)51)20-9-13-30(47)28(42)15-20)11-12-24-33(26)38(50)45(36(24)48)22-7-5-4-6-8-22/h4-11,13-16,18,24,26-27,33-34,47H,12,17H2,1-3H3/t24-,26+,27-,33-,34-,40+/m0/s1. The molecule has 0 bridgehead atoms. The third-order valence-corrected chi connectivity index (χ3v) is 13.3. The molecule has 9 rings (SSSR count). The lowest BCUT2D eigenvalue weighted by atomic mass is 9.51. The lowest BCUT2D eigenvalue weighted by Crippen LogP contribution is -2.49. The lowest BCUT2D eigenvalue weighted by Gasteiger charge is -2.49. The molecule has 6 atom stereocenters. The molecule has 2 aromatic heterocycles. The highest BCUT2D eigenvalue weighted by Crippen LogP contribution is 2.64. The minimum absolute atomic E-state index is 0.157. The number of halogens is 2. The Bertz CT molecular complexity index is 2440. The summed E-state index contributed by atoms with van der Waals surface area (Å²) in [6, 6.07) is 20.2. The first-order valence-corrected chi connectivity index (χ1v) is 18.3. The molecule has 1 saturated carbocycles. The van der Waals surface area contributed by atoms with Crippen LogP contribution in [0, 0.1) is 41.8 Å². The number of hydrogen-bond donors (Lipinski definition) is 1. The number of imide groups is 2. The van der Waals surface area contributed by atoms with Gasteiger partial charge in [0, 0.05) is 28.8 Å². The number of phenolic OH excluding ortho intramolecular Hbond substituents is 1. The maximum Gasteiger partial charge on any atom is 0.242 e. The van der Waals surface area contributed by atoms with Crippen LogP contribution in [-0.2, 0) is 26.2 Å². The molecule has 3 aromatic carbocycles. The molecule has 1 N–H and O–H groups in total. The molecule has 262 valence electrons. The van der Waals surface area contributed by atoms with E-state index in [1.807, 2.05) is 37.3 Å². The number of benzene rings is 3. The van der Waals surface area contributed by atoms with Crippen molar-refractivity contribution in [1.29, 1.82) is 0 Å². The zero-order valence-electron chi connectivity index (χ0n) is 28.3. The van der Waals surface area contributed by atoms with Gasteiger partial charge in [-0.15, -0.1) is 11.3 Å². The number of para-hydroxylation sites is 1. The Kier molecular flexibility index (Phi) is 7.20. The highest BCUT2D eigenvalue weighted by molar-refractivity contribution is 7.22. The highest BCUT2D eigenvalue weighted by atomic mass is 35.5. The van der Waals surface area contributed by atoms with E-state index in [0.29, 0.717) is 27.8 Å². The molecule has 2 aliphatic carbocycles. The van der Waals surface area contributed by atoms with Crippen LogP contribution in [0.15, 0.2) is 84.4 Å². The number of nitrogens with zero attached hydrogens (tertiary/aromatic N) is 4. The molecule has 9 nitrogen and oxygen atoms in total. The van der Waals surface area contributed by atoms with Gasteiger partial charge in [-0.2, -0.15) is 5.10 Å². The Morgan fingerprint density at radius 2 is 1.71 bits per heavy atom. The second-order valence-electron chi connectivity index (χ2n) is 14.4. The van der Waals surface area contributed by atoms with Crippen LogP contribution in [0.5, 0.6) is 5.75 Å². The van der Waals surface area contributed by atoms with Gasteiger partial charge in [-0.3, -0.25) is 28.8 Å². The molecule has 4 heterocycles. The fraction of sp³-hybridized carbons (Fsp3) is 0.275. The number of carbonyl (C=O) groups is 4. The molecule has 52 heavy (non-hydrogen) atoms. The number of allylic oxidation sites excluding steroid dienone is 2. The van der Waals surface area contributed by atoms with Gasteiger partial charge < -0.3 is 5.11 Å². The molecule has 0 unspecified atom stereocenters. The van der Waals surface area contributed by atoms with Gasteiger partial charge in [0.1, 0.15) is 11.5 Å². The van der Waals surface area contributed by atoms with Crippen LogP contribution in [0.4, 0.5) is 15.9 Å². The smallest absolute Gasteiger partial charge is 0.242 e. The van der Waals surface area contributed by atoms with Gasteiger partial charge in [-0.05, 0) is 91.6 Å². The number of rotatable bonds is 4. The topological polar surface area (TPSA) is 113 Å². The van der Waals surface area contributed by atoms with Crippen molar-refractivity contribution in [2.75, 3.05) is 9.80 Å². The molecule has 4 amide bonds. The molecular formula is C40H32ClFN4O5S. The minimum Gasteiger partial charge on any atom is -0.505 e. The SMILES string of the molecule is Cc1c(-c2cc(N3C(=O)[C@@H]4C[C@@H]5C(=CC[C@@H]6C(=O)N(c7ccccc7)C(=O)[C@@H]65)[C@H](c5ccc(O)c(F)c5)[C@]4(C)C3=O)n(C)n2)sc2ccc(Cl)cc12. The summed E-state index contributed by atoms with van der Waals surface area (Å²) in [5.74, 6) is -6.32. The summed E-state index contributed by atoms with van der Waals surface area (Å²) >= 11 is 7.84. The molecule has 2 aliphatic heterocycles. The summed E-state index contributed by atoms with van der Waals surface area (Å²) in [5.41, 5.74) is 1.81. The molecule has 5 aromatic rings. The third kappa shape index (κ3) is 4.41. The van der Waals surface area contributed by atoms with Gasteiger partial charge in [0.15, 0.2) is 11.6 Å². The van der Waals surface area contributed by atoms with Crippen molar-refractivity contribution in [3.63, 3.8) is 0 Å². The van der Waals surface area contributed by atoms with E-state index in [1.165, 1.54) is 26.6 Å². The van der Waals surface area contributed by atoms with Crippen molar-refractivity contribution in [3.05, 3.63) is 106 Å². The summed E-state index contributed by atoms with van der Waals surface area (Å²) in [6.45, 7) is 3.73. The molecule has 3 fully saturated rings. The summed E-state index contributed by atoms with van der Waals surface area (Å²) in [4.78, 5) is 61.1. The van der Waals surface area contributed by atoms with Crippen molar-refractivity contribution in [2.24, 2.45) is 36.1 Å². The highest BCUT2D eigenvalue weighted by Gasteiger charge is 2.68. The number of aromatic hydroxyl groups is 1. The number of amides is 4. The van der Waals surface area contributed by atoms with Crippen molar-refractivity contribution >= 4 is 68.2 Å². The van der Waals surface area contributed by atoms with Crippen LogP contribution in [0.3, 0.4) is 0 Å². The fourth-order valence-electron chi connectivity index (χ4n) is 9.36. The molecule has 0 spiro atoms. The van der Waals surface area contributed by atoms with E-state index in [9.17, 15) is 24.3 Å². The van der Waals surface area contributed by atoms with E-state index in [2.05, 4.69) is 0 Å². The number of aryl methyl sites for hydroxylation is 2. The minimum atomic E-state index is -1.38. The number of anilines is 2. The number of fused-ring (bicyclic) bond motifs is 5. The summed E-state index contributed by atoms with van der Waals surface area (Å²) in [6.07, 6.45) is 2.34. The van der Waals surface area contributed by atoms with E-state index >= 15 is 4.39 Å². The summed E-state index contributed by atoms with van der Waals surface area (Å²) in [5, 5.41) is 16.5. The lowest BCUT2D eigenvalue weighted by molar-refractivity contribution is -0.131. The van der Waals surface area contributed by atoms with E-state index in [-0.39, 0.29) is 24.7 Å². The zero-order valence-corrected chi connectivity index (χ0v) is 29.9. The first-order chi connectivity index (χ1) is 24.9. The quantitative estimate of drug-likeness (QED) is 0.151. The van der Waals surface area contributed by atoms with E-state index in [1.54, 1.807) is 61.7 Å². The van der Waals surface area contributed by atoms with E-state index < -0.39 is 58.4 Å². The maximum atomic E-state index is 15.1. The molecule has 12 heteroatoms. The number of hydrogen-bond acceptors (Lipinski definition) is 7. The van der Waals surface area contributed by atoms with Crippen LogP contribution in [0.1, 0.15) is 36.8 Å². The monoisotopic (exact) mass is 734 g/mol. The first kappa shape index (κ1) is 32.8. The number of carbonyl (C=O) groups excluding carboxylic acids is 4. The number of phenols is 1. The van der Waals surface area contributed by atoms with Crippen LogP contribution in [-0.4, -0.2) is 38.5 Å². The van der Waals surface area contributed by atoms with Crippen LogP contribution < -0.4 is 9.80 Å². The van der Waals surface area contributed by atoms with Crippen LogP contribution in [0.2, 0.25) is 5.02 Å². The van der Waals surface area contributed by atoms with Crippen molar-refractivity contribution < 1.29 is 28.7 Å². The van der Waals surface area contributed by atoms with Gasteiger partial charge in [0.2, 0.25) is 23.6 Å². The van der Waals surface area contributed by atoms with Gasteiger partial charge in [0.05, 0.1) is 33.7 Å². The second kappa shape index (κ2) is 11.4. The van der Waals surface area contributed by atoms with E-state index in [4.69, 9.17) is 16.7 Å². The van der Waals surface area contributed by atoms with Crippen LogP contribution in [0.25, 0.3) is 20.7 Å². The van der Waals surface area contributed by atoms with Gasteiger partial charge in [-0.1, -0.05) is 47.5 Å². The average molecular weight is 735 g/mol. The van der Waals surface area contributed by atoms with E-state index in [0.717, 1.165) is 26.1 Å². The van der Waals surface area contributed by atoms with Crippen molar-refractivity contribution in [2.45, 2.75) is 32.6 Å². The number of aromatic nitrogens is 2. The third-order valence-electron chi connectivity index (χ3n) is 11.8. The predicted octanol–water partition coefficient (Wildman–Crippen LogP) is 7.54. The average Bonchev–Trinajstić information content (AvgIpc) is 3.80. The van der Waals surface area contributed by atoms with Gasteiger partial charge >= 0.3 is 0 Å². The van der Waals surface area contributed by atoms with Crippen LogP contribution >= 0.6 is 22.9 Å². The summed E-state index contributed by atoms with van der Waals surface area (Å²) in [7, 11) is 1.68. The normalized spacial score (nSPS) is 26.9. The van der Waals surface area contributed by atoms with Gasteiger partial charge in [-0.25, -0.2) is 9.29 Å². The molecular weight excluding hydrogens is 703 g/mol. The molecule has 0 radical (unpaired) electrons.